The van der Waals surface area contributed by atoms with Crippen molar-refractivity contribution in [3.05, 3.63) is 12.4 Å². The van der Waals surface area contributed by atoms with Crippen LogP contribution in [0.5, 0.6) is 5.75 Å². The average Bonchev–Trinajstić information content (AvgIpc) is 2.76. The number of rotatable bonds is 10. The predicted molar refractivity (Wildman–Crippen MR) is 70.4 cm³/mol. The van der Waals surface area contributed by atoms with Gasteiger partial charge in [-0.25, -0.2) is 0 Å². The number of aromatic nitrogens is 2. The lowest BCUT2D eigenvalue weighted by Gasteiger charge is -2.03. The summed E-state index contributed by atoms with van der Waals surface area (Å²) in [6.07, 6.45) is 8.44. The molecule has 0 bridgehead atoms. The molecule has 0 aliphatic rings. The number of ether oxygens (including phenoxy) is 1. The molecule has 0 radical (unpaired) electrons. The lowest BCUT2D eigenvalue weighted by atomic mass is 10.2. The number of hydrogen-bond acceptors (Lipinski definition) is 3. The van der Waals surface area contributed by atoms with Crippen molar-refractivity contribution in [3.63, 3.8) is 0 Å². The molecule has 1 aromatic heterocycles. The van der Waals surface area contributed by atoms with Crippen molar-refractivity contribution in [2.45, 2.75) is 46.1 Å². The molecule has 0 saturated heterocycles. The Kier molecular flexibility index (Phi) is 7.47. The molecular formula is C13H25N3O. The minimum Gasteiger partial charge on any atom is -0.490 e. The van der Waals surface area contributed by atoms with Crippen molar-refractivity contribution in [2.75, 3.05) is 19.7 Å². The van der Waals surface area contributed by atoms with Crippen molar-refractivity contribution in [1.29, 1.82) is 0 Å². The van der Waals surface area contributed by atoms with Crippen molar-refractivity contribution in [1.82, 2.24) is 15.1 Å². The van der Waals surface area contributed by atoms with E-state index >= 15 is 0 Å². The summed E-state index contributed by atoms with van der Waals surface area (Å²) in [7, 11) is 0. The highest BCUT2D eigenvalue weighted by atomic mass is 16.5. The number of unbranched alkanes of at least 4 members (excludes halogenated alkanes) is 2. The van der Waals surface area contributed by atoms with Crippen molar-refractivity contribution in [2.24, 2.45) is 0 Å². The summed E-state index contributed by atoms with van der Waals surface area (Å²) in [6, 6.07) is 0. The second-order valence-electron chi connectivity index (χ2n) is 4.20. The molecule has 0 aliphatic carbocycles. The zero-order chi connectivity index (χ0) is 12.3. The Hall–Kier alpha value is -1.03. The van der Waals surface area contributed by atoms with E-state index in [-0.39, 0.29) is 0 Å². The van der Waals surface area contributed by atoms with Crippen LogP contribution in [0.15, 0.2) is 12.4 Å². The van der Waals surface area contributed by atoms with Crippen LogP contribution in [0, 0.1) is 0 Å². The SMILES string of the molecule is CCCn1cc(OCCCCCNCC)cn1. The van der Waals surface area contributed by atoms with E-state index in [9.17, 15) is 0 Å². The molecule has 0 aliphatic heterocycles. The summed E-state index contributed by atoms with van der Waals surface area (Å²) in [4.78, 5) is 0. The molecule has 0 fully saturated rings. The molecule has 98 valence electrons. The first-order chi connectivity index (χ1) is 8.36. The third kappa shape index (κ3) is 6.31. The Labute approximate surface area is 104 Å². The Balaban J connectivity index is 2.01. The molecule has 4 heteroatoms. The van der Waals surface area contributed by atoms with Gasteiger partial charge in [0.05, 0.1) is 19.0 Å². The van der Waals surface area contributed by atoms with Gasteiger partial charge >= 0.3 is 0 Å². The fraction of sp³-hybridized carbons (Fsp3) is 0.769. The van der Waals surface area contributed by atoms with Gasteiger partial charge in [-0.15, -0.1) is 0 Å². The monoisotopic (exact) mass is 239 g/mol. The summed E-state index contributed by atoms with van der Waals surface area (Å²) >= 11 is 0. The fourth-order valence-electron chi connectivity index (χ4n) is 1.67. The van der Waals surface area contributed by atoms with E-state index in [1.807, 2.05) is 10.9 Å². The van der Waals surface area contributed by atoms with Gasteiger partial charge < -0.3 is 10.1 Å². The highest BCUT2D eigenvalue weighted by Crippen LogP contribution is 2.09. The first-order valence-electron chi connectivity index (χ1n) is 6.72. The quantitative estimate of drug-likeness (QED) is 0.637. The van der Waals surface area contributed by atoms with E-state index in [1.54, 1.807) is 6.20 Å². The van der Waals surface area contributed by atoms with Crippen LogP contribution in [-0.4, -0.2) is 29.5 Å². The lowest BCUT2D eigenvalue weighted by molar-refractivity contribution is 0.304. The van der Waals surface area contributed by atoms with Gasteiger partial charge in [-0.2, -0.15) is 5.10 Å². The van der Waals surface area contributed by atoms with E-state index in [0.29, 0.717) is 0 Å². The van der Waals surface area contributed by atoms with E-state index in [0.717, 1.165) is 44.8 Å². The molecular weight excluding hydrogens is 214 g/mol. The van der Waals surface area contributed by atoms with Crippen LogP contribution in [-0.2, 0) is 6.54 Å². The van der Waals surface area contributed by atoms with Gasteiger partial charge in [0.25, 0.3) is 0 Å². The largest absolute Gasteiger partial charge is 0.490 e. The van der Waals surface area contributed by atoms with Crippen LogP contribution in [0.1, 0.15) is 39.5 Å². The number of nitrogens with one attached hydrogen (secondary N) is 1. The molecule has 1 heterocycles. The highest BCUT2D eigenvalue weighted by Gasteiger charge is 1.98. The topological polar surface area (TPSA) is 39.1 Å². The molecule has 0 aromatic carbocycles. The Morgan fingerprint density at radius 1 is 1.29 bits per heavy atom. The van der Waals surface area contributed by atoms with Crippen molar-refractivity contribution < 1.29 is 4.74 Å². The molecule has 0 saturated carbocycles. The first-order valence-corrected chi connectivity index (χ1v) is 6.72. The van der Waals surface area contributed by atoms with Gasteiger partial charge in [0.15, 0.2) is 5.75 Å². The summed E-state index contributed by atoms with van der Waals surface area (Å²) < 4.78 is 7.57. The average molecular weight is 239 g/mol. The van der Waals surface area contributed by atoms with E-state index in [1.165, 1.54) is 12.8 Å². The second kappa shape index (κ2) is 9.05. The highest BCUT2D eigenvalue weighted by molar-refractivity contribution is 5.11. The van der Waals surface area contributed by atoms with Gasteiger partial charge in [-0.05, 0) is 38.8 Å². The van der Waals surface area contributed by atoms with Gasteiger partial charge in [0, 0.05) is 6.54 Å². The van der Waals surface area contributed by atoms with Crippen LogP contribution in [0.4, 0.5) is 0 Å². The Morgan fingerprint density at radius 3 is 2.94 bits per heavy atom. The standard InChI is InChI=1S/C13H25N3O/c1-3-9-16-12-13(11-15-16)17-10-7-5-6-8-14-4-2/h11-12,14H,3-10H2,1-2H3. The fourth-order valence-corrected chi connectivity index (χ4v) is 1.67. The molecule has 1 N–H and O–H groups in total. The van der Waals surface area contributed by atoms with Crippen LogP contribution in [0.3, 0.4) is 0 Å². The van der Waals surface area contributed by atoms with Crippen LogP contribution in [0.2, 0.25) is 0 Å². The number of nitrogens with zero attached hydrogens (tertiary/aromatic N) is 2. The summed E-state index contributed by atoms with van der Waals surface area (Å²) in [5.41, 5.74) is 0. The lowest BCUT2D eigenvalue weighted by Crippen LogP contribution is -2.14. The van der Waals surface area contributed by atoms with Crippen LogP contribution >= 0.6 is 0 Å². The third-order valence-corrected chi connectivity index (χ3v) is 2.58. The van der Waals surface area contributed by atoms with Crippen LogP contribution < -0.4 is 10.1 Å². The molecule has 4 nitrogen and oxygen atoms in total. The maximum absolute atomic E-state index is 5.64. The maximum Gasteiger partial charge on any atom is 0.157 e. The smallest absolute Gasteiger partial charge is 0.157 e. The maximum atomic E-state index is 5.64. The van der Waals surface area contributed by atoms with Crippen molar-refractivity contribution in [3.8, 4) is 5.75 Å². The Bertz CT molecular complexity index is 286. The molecule has 1 rings (SSSR count). The molecule has 1 aromatic rings. The van der Waals surface area contributed by atoms with E-state index in [2.05, 4.69) is 24.3 Å². The minimum absolute atomic E-state index is 0.796. The normalized spacial score (nSPS) is 10.7. The van der Waals surface area contributed by atoms with Gasteiger partial charge in [-0.3, -0.25) is 4.68 Å². The molecule has 0 unspecified atom stereocenters. The Morgan fingerprint density at radius 2 is 2.18 bits per heavy atom. The summed E-state index contributed by atoms with van der Waals surface area (Å²) in [6.45, 7) is 8.22. The molecule has 0 amide bonds. The van der Waals surface area contributed by atoms with Gasteiger partial charge in [-0.1, -0.05) is 13.8 Å². The molecule has 17 heavy (non-hydrogen) atoms. The van der Waals surface area contributed by atoms with Gasteiger partial charge in [0.2, 0.25) is 0 Å². The van der Waals surface area contributed by atoms with E-state index < -0.39 is 0 Å². The zero-order valence-electron chi connectivity index (χ0n) is 11.1. The first kappa shape index (κ1) is 14.0. The zero-order valence-corrected chi connectivity index (χ0v) is 11.1. The molecule has 0 spiro atoms. The van der Waals surface area contributed by atoms with Gasteiger partial charge in [0.1, 0.15) is 0 Å². The van der Waals surface area contributed by atoms with Crippen LogP contribution in [0.25, 0.3) is 0 Å². The number of aryl methyl sites for hydroxylation is 1. The summed E-state index contributed by atoms with van der Waals surface area (Å²) in [5, 5.41) is 7.55. The molecule has 0 atom stereocenters. The minimum atomic E-state index is 0.796. The predicted octanol–water partition coefficient (Wildman–Crippen LogP) is 2.45. The second-order valence-corrected chi connectivity index (χ2v) is 4.20. The van der Waals surface area contributed by atoms with E-state index in [4.69, 9.17) is 4.74 Å². The number of hydrogen-bond donors (Lipinski definition) is 1. The summed E-state index contributed by atoms with van der Waals surface area (Å²) in [5.74, 6) is 0.894. The van der Waals surface area contributed by atoms with Crippen molar-refractivity contribution >= 4 is 0 Å². The third-order valence-electron chi connectivity index (χ3n) is 2.58.